The maximum absolute atomic E-state index is 12.3. The molecule has 8 nitrogen and oxygen atoms in total. The number of hydrogen-bond acceptors (Lipinski definition) is 6. The summed E-state index contributed by atoms with van der Waals surface area (Å²) in [5.74, 6) is 0.272. The zero-order valence-corrected chi connectivity index (χ0v) is 15.3. The molecular formula is C14H22N2O6S2. The van der Waals surface area contributed by atoms with Gasteiger partial charge in [-0.1, -0.05) is 0 Å². The lowest BCUT2D eigenvalue weighted by atomic mass is 10.2. The van der Waals surface area contributed by atoms with Crippen molar-refractivity contribution in [3.05, 3.63) is 24.2 Å². The largest absolute Gasteiger partial charge is 0.468 e. The van der Waals surface area contributed by atoms with Crippen molar-refractivity contribution in [2.75, 3.05) is 31.4 Å². The molecule has 136 valence electrons. The van der Waals surface area contributed by atoms with Gasteiger partial charge >= 0.3 is 0 Å². The van der Waals surface area contributed by atoms with Crippen molar-refractivity contribution in [3.8, 4) is 0 Å². The number of carbonyl (C=O) groups excluding carboxylic acids is 1. The van der Waals surface area contributed by atoms with Crippen LogP contribution >= 0.6 is 0 Å². The van der Waals surface area contributed by atoms with E-state index in [2.05, 4.69) is 0 Å². The Labute approximate surface area is 142 Å². The lowest BCUT2D eigenvalue weighted by Crippen LogP contribution is -2.40. The predicted molar refractivity (Wildman–Crippen MR) is 88.4 cm³/mol. The summed E-state index contributed by atoms with van der Waals surface area (Å²) in [6.07, 6.45) is 2.94. The van der Waals surface area contributed by atoms with Crippen LogP contribution in [0.5, 0.6) is 0 Å². The van der Waals surface area contributed by atoms with Crippen molar-refractivity contribution in [2.45, 2.75) is 25.4 Å². The Morgan fingerprint density at radius 3 is 2.62 bits per heavy atom. The normalized spacial score (nSPS) is 20.4. The molecule has 24 heavy (non-hydrogen) atoms. The Kier molecular flexibility index (Phi) is 5.71. The van der Waals surface area contributed by atoms with Crippen LogP contribution in [0, 0.1) is 0 Å². The fourth-order valence-corrected chi connectivity index (χ4v) is 5.18. The topological polar surface area (TPSA) is 105 Å². The van der Waals surface area contributed by atoms with E-state index < -0.39 is 19.9 Å². The number of sulfone groups is 1. The van der Waals surface area contributed by atoms with Crippen LogP contribution < -0.4 is 0 Å². The Bertz CT molecular complexity index is 770. The highest BCUT2D eigenvalue weighted by Gasteiger charge is 2.33. The minimum absolute atomic E-state index is 0.0131. The van der Waals surface area contributed by atoms with E-state index >= 15 is 0 Å². The van der Waals surface area contributed by atoms with Gasteiger partial charge < -0.3 is 9.32 Å². The molecule has 0 bridgehead atoms. The first-order valence-electron chi connectivity index (χ1n) is 7.52. The smallest absolute Gasteiger partial charge is 0.223 e. The van der Waals surface area contributed by atoms with Crippen molar-refractivity contribution in [3.63, 3.8) is 0 Å². The van der Waals surface area contributed by atoms with Gasteiger partial charge in [0.25, 0.3) is 0 Å². The van der Waals surface area contributed by atoms with Crippen molar-refractivity contribution < 1.29 is 26.0 Å². The van der Waals surface area contributed by atoms with Gasteiger partial charge in [0.1, 0.15) is 5.76 Å². The molecule has 0 saturated carbocycles. The molecule has 1 aromatic heterocycles. The van der Waals surface area contributed by atoms with Crippen LogP contribution in [-0.2, 0) is 31.2 Å². The highest BCUT2D eigenvalue weighted by Crippen LogP contribution is 2.17. The fraction of sp³-hybridized carbons (Fsp3) is 0.643. The van der Waals surface area contributed by atoms with Gasteiger partial charge in [-0.05, 0) is 18.6 Å². The van der Waals surface area contributed by atoms with Crippen LogP contribution in [0.15, 0.2) is 22.8 Å². The molecule has 1 unspecified atom stereocenters. The average Bonchev–Trinajstić information content (AvgIpc) is 3.10. The maximum Gasteiger partial charge on any atom is 0.223 e. The van der Waals surface area contributed by atoms with E-state index in [-0.39, 0.29) is 43.0 Å². The highest BCUT2D eigenvalue weighted by molar-refractivity contribution is 7.91. The standard InChI is InChI=1S/C14H22N2O6S2/c1-15(12-6-9-24(20,21)11-12)14(17)5-7-16(23(2,18)19)10-13-4-3-8-22-13/h3-4,8,12H,5-7,9-11H2,1-2H3. The maximum atomic E-state index is 12.3. The highest BCUT2D eigenvalue weighted by atomic mass is 32.2. The number of sulfonamides is 1. The quantitative estimate of drug-likeness (QED) is 0.665. The van der Waals surface area contributed by atoms with Gasteiger partial charge in [0.2, 0.25) is 15.9 Å². The molecule has 1 atom stereocenters. The van der Waals surface area contributed by atoms with Gasteiger partial charge in [0, 0.05) is 26.1 Å². The van der Waals surface area contributed by atoms with E-state index in [9.17, 15) is 21.6 Å². The Morgan fingerprint density at radius 1 is 1.42 bits per heavy atom. The van der Waals surface area contributed by atoms with Gasteiger partial charge in [-0.2, -0.15) is 4.31 Å². The Morgan fingerprint density at radius 2 is 2.12 bits per heavy atom. The Balaban J connectivity index is 1.94. The van der Waals surface area contributed by atoms with Crippen LogP contribution in [0.2, 0.25) is 0 Å². The Hall–Kier alpha value is -1.39. The summed E-state index contributed by atoms with van der Waals surface area (Å²) in [5.41, 5.74) is 0. The molecule has 2 heterocycles. The summed E-state index contributed by atoms with van der Waals surface area (Å²) >= 11 is 0. The van der Waals surface area contributed by atoms with E-state index in [1.165, 1.54) is 15.5 Å². The third-order valence-electron chi connectivity index (χ3n) is 4.11. The number of amides is 1. The molecule has 1 aliphatic rings. The molecule has 1 amide bonds. The minimum Gasteiger partial charge on any atom is -0.468 e. The number of nitrogens with zero attached hydrogens (tertiary/aromatic N) is 2. The molecule has 1 aromatic rings. The number of furan rings is 1. The molecular weight excluding hydrogens is 356 g/mol. The summed E-state index contributed by atoms with van der Waals surface area (Å²) in [6, 6.07) is 2.99. The van der Waals surface area contributed by atoms with Crippen molar-refractivity contribution in [1.29, 1.82) is 0 Å². The predicted octanol–water partition coefficient (Wildman–Crippen LogP) is 0.0768. The molecule has 0 aliphatic carbocycles. The van der Waals surface area contributed by atoms with Crippen molar-refractivity contribution in [2.24, 2.45) is 0 Å². The van der Waals surface area contributed by atoms with Crippen LogP contribution in [0.4, 0.5) is 0 Å². The summed E-state index contributed by atoms with van der Waals surface area (Å²) in [4.78, 5) is 13.7. The SMILES string of the molecule is CN(C(=O)CCN(Cc1ccco1)S(C)(=O)=O)C1CCS(=O)(=O)C1. The first-order chi connectivity index (χ1) is 11.1. The fourth-order valence-electron chi connectivity index (χ4n) is 2.62. The molecule has 0 spiro atoms. The average molecular weight is 378 g/mol. The van der Waals surface area contributed by atoms with Crippen LogP contribution in [-0.4, -0.2) is 69.3 Å². The van der Waals surface area contributed by atoms with Gasteiger partial charge in [-0.3, -0.25) is 4.79 Å². The van der Waals surface area contributed by atoms with E-state index in [4.69, 9.17) is 4.42 Å². The van der Waals surface area contributed by atoms with E-state index in [1.807, 2.05) is 0 Å². The summed E-state index contributed by atoms with van der Waals surface area (Å²) in [5, 5.41) is 0. The second kappa shape index (κ2) is 7.24. The summed E-state index contributed by atoms with van der Waals surface area (Å²) < 4.78 is 53.1. The molecule has 10 heteroatoms. The van der Waals surface area contributed by atoms with Crippen molar-refractivity contribution in [1.82, 2.24) is 9.21 Å². The van der Waals surface area contributed by atoms with Gasteiger partial charge in [-0.15, -0.1) is 0 Å². The third kappa shape index (κ3) is 5.05. The lowest BCUT2D eigenvalue weighted by molar-refractivity contribution is -0.131. The third-order valence-corrected chi connectivity index (χ3v) is 7.11. The van der Waals surface area contributed by atoms with Crippen LogP contribution in [0.1, 0.15) is 18.6 Å². The first-order valence-corrected chi connectivity index (χ1v) is 11.2. The molecule has 0 aromatic carbocycles. The second-order valence-corrected chi connectivity index (χ2v) is 10.2. The van der Waals surface area contributed by atoms with Crippen molar-refractivity contribution >= 4 is 25.8 Å². The monoisotopic (exact) mass is 378 g/mol. The van der Waals surface area contributed by atoms with E-state index in [1.54, 1.807) is 19.2 Å². The molecule has 0 N–H and O–H groups in total. The van der Waals surface area contributed by atoms with E-state index in [0.29, 0.717) is 12.2 Å². The lowest BCUT2D eigenvalue weighted by Gasteiger charge is -2.25. The summed E-state index contributed by atoms with van der Waals surface area (Å²) in [6.45, 7) is 0.0722. The zero-order valence-electron chi connectivity index (χ0n) is 13.7. The number of hydrogen-bond donors (Lipinski definition) is 0. The second-order valence-electron chi connectivity index (χ2n) is 5.99. The van der Waals surface area contributed by atoms with Gasteiger partial charge in [0.05, 0.1) is 30.6 Å². The van der Waals surface area contributed by atoms with Gasteiger partial charge in [0.15, 0.2) is 9.84 Å². The number of carbonyl (C=O) groups is 1. The minimum atomic E-state index is -3.49. The van der Waals surface area contributed by atoms with Crippen LogP contribution in [0.25, 0.3) is 0 Å². The van der Waals surface area contributed by atoms with Gasteiger partial charge in [-0.25, -0.2) is 16.8 Å². The number of rotatable bonds is 7. The molecule has 1 aliphatic heterocycles. The molecule has 1 saturated heterocycles. The summed E-state index contributed by atoms with van der Waals surface area (Å²) in [7, 11) is -5.01. The van der Waals surface area contributed by atoms with E-state index in [0.717, 1.165) is 6.26 Å². The zero-order chi connectivity index (χ0) is 18.0. The first kappa shape index (κ1) is 18.9. The van der Waals surface area contributed by atoms with Crippen LogP contribution in [0.3, 0.4) is 0 Å². The molecule has 2 rings (SSSR count). The molecule has 1 fully saturated rings. The molecule has 0 radical (unpaired) electrons.